The van der Waals surface area contributed by atoms with E-state index in [4.69, 9.17) is 11.6 Å². The second-order valence-electron chi connectivity index (χ2n) is 2.27. The van der Waals surface area contributed by atoms with E-state index in [-0.39, 0.29) is 11.5 Å². The second-order valence-corrected chi connectivity index (χ2v) is 3.53. The first-order valence-corrected chi connectivity index (χ1v) is 4.24. The first-order valence-electron chi connectivity index (χ1n) is 3.07. The average molecular weight is 260 g/mol. The van der Waals surface area contributed by atoms with Crippen molar-refractivity contribution < 1.29 is 13.2 Å². The normalized spacial score (nSPS) is 19.6. The molecule has 67 valence electrons. The first-order chi connectivity index (χ1) is 5.41. The zero-order chi connectivity index (χ0) is 9.35. The van der Waals surface area contributed by atoms with Crippen LogP contribution in [0.2, 0.25) is 0 Å². The third kappa shape index (κ3) is 2.26. The summed E-state index contributed by atoms with van der Waals surface area (Å²) >= 11 is 8.52. The van der Waals surface area contributed by atoms with Crippen molar-refractivity contribution >= 4 is 27.5 Å². The molecule has 0 aromatic carbocycles. The van der Waals surface area contributed by atoms with Gasteiger partial charge in [0, 0.05) is 16.5 Å². The van der Waals surface area contributed by atoms with Crippen LogP contribution < -0.4 is 0 Å². The lowest BCUT2D eigenvalue weighted by atomic mass is 10.1. The highest BCUT2D eigenvalue weighted by atomic mass is 79.9. The van der Waals surface area contributed by atoms with Crippen molar-refractivity contribution in [3.63, 3.8) is 0 Å². The molecule has 0 aromatic rings. The van der Waals surface area contributed by atoms with Gasteiger partial charge in [0.1, 0.15) is 0 Å². The number of hydrogen-bond donors (Lipinski definition) is 0. The molecule has 0 amide bonds. The van der Waals surface area contributed by atoms with Crippen LogP contribution in [-0.4, -0.2) is 6.18 Å². The highest BCUT2D eigenvalue weighted by molar-refractivity contribution is 9.11. The Hall–Kier alpha value is 0.0400. The van der Waals surface area contributed by atoms with Crippen LogP contribution in [0.3, 0.4) is 0 Å². The Morgan fingerprint density at radius 1 is 1.42 bits per heavy atom. The molecule has 0 saturated carbocycles. The molecule has 12 heavy (non-hydrogen) atoms. The van der Waals surface area contributed by atoms with Gasteiger partial charge in [-0.25, -0.2) is 0 Å². The van der Waals surface area contributed by atoms with Crippen LogP contribution in [-0.2, 0) is 0 Å². The van der Waals surface area contributed by atoms with Gasteiger partial charge in [0.2, 0.25) is 0 Å². The maximum absolute atomic E-state index is 12.1. The minimum absolute atomic E-state index is 0.0913. The molecule has 0 atom stereocenters. The summed E-state index contributed by atoms with van der Waals surface area (Å²) < 4.78 is 36.7. The summed E-state index contributed by atoms with van der Waals surface area (Å²) in [6, 6.07) is 0. The van der Waals surface area contributed by atoms with Crippen LogP contribution in [0.1, 0.15) is 6.42 Å². The zero-order valence-electron chi connectivity index (χ0n) is 5.75. The predicted octanol–water partition coefficient (Wildman–Crippen LogP) is 3.93. The summed E-state index contributed by atoms with van der Waals surface area (Å²) in [5.41, 5.74) is -0.615. The Bertz CT molecular complexity index is 252. The van der Waals surface area contributed by atoms with Crippen LogP contribution >= 0.6 is 27.5 Å². The van der Waals surface area contributed by atoms with E-state index in [2.05, 4.69) is 15.9 Å². The van der Waals surface area contributed by atoms with Gasteiger partial charge in [0.25, 0.3) is 0 Å². The van der Waals surface area contributed by atoms with Crippen molar-refractivity contribution in [2.24, 2.45) is 0 Å². The number of halogens is 5. The molecule has 0 aromatic heterocycles. The molecule has 0 heterocycles. The van der Waals surface area contributed by atoms with Crippen molar-refractivity contribution in [2.45, 2.75) is 12.6 Å². The van der Waals surface area contributed by atoms with Crippen LogP contribution in [0, 0.1) is 6.42 Å². The second kappa shape index (κ2) is 3.42. The van der Waals surface area contributed by atoms with E-state index in [0.29, 0.717) is 4.48 Å². The molecule has 0 unspecified atom stereocenters. The van der Waals surface area contributed by atoms with Crippen molar-refractivity contribution in [1.82, 2.24) is 0 Å². The molecule has 1 aliphatic carbocycles. The molecule has 0 nitrogen and oxygen atoms in total. The zero-order valence-corrected chi connectivity index (χ0v) is 8.09. The molecule has 5 heteroatoms. The van der Waals surface area contributed by atoms with E-state index >= 15 is 0 Å². The molecule has 0 N–H and O–H groups in total. The van der Waals surface area contributed by atoms with E-state index in [0.717, 1.165) is 6.08 Å². The summed E-state index contributed by atoms with van der Waals surface area (Å²) in [7, 11) is 0. The van der Waals surface area contributed by atoms with Crippen LogP contribution in [0.4, 0.5) is 13.2 Å². The van der Waals surface area contributed by atoms with Gasteiger partial charge in [0.15, 0.2) is 0 Å². The highest BCUT2D eigenvalue weighted by Crippen LogP contribution is 2.37. The lowest BCUT2D eigenvalue weighted by Gasteiger charge is -2.15. The predicted molar refractivity (Wildman–Crippen MR) is 44.9 cm³/mol. The van der Waals surface area contributed by atoms with E-state index < -0.39 is 11.7 Å². The Balaban J connectivity index is 2.91. The molecule has 1 rings (SSSR count). The van der Waals surface area contributed by atoms with E-state index in [1.807, 2.05) is 0 Å². The molecular formula is C7H4BrClF3. The fourth-order valence-electron chi connectivity index (χ4n) is 0.775. The van der Waals surface area contributed by atoms with Crippen molar-refractivity contribution in [3.8, 4) is 0 Å². The van der Waals surface area contributed by atoms with Crippen LogP contribution in [0.5, 0.6) is 0 Å². The Kier molecular flexibility index (Phi) is 2.88. The van der Waals surface area contributed by atoms with Gasteiger partial charge in [-0.2, -0.15) is 13.2 Å². The third-order valence-corrected chi connectivity index (χ3v) is 2.69. The maximum Gasteiger partial charge on any atom is 0.412 e. The number of alkyl halides is 3. The molecule has 1 aliphatic rings. The summed E-state index contributed by atoms with van der Waals surface area (Å²) in [4.78, 5) is 0. The molecule has 0 aliphatic heterocycles. The molecule has 1 radical (unpaired) electrons. The van der Waals surface area contributed by atoms with Crippen molar-refractivity contribution in [2.75, 3.05) is 0 Å². The van der Waals surface area contributed by atoms with Gasteiger partial charge in [-0.3, -0.25) is 0 Å². The summed E-state index contributed by atoms with van der Waals surface area (Å²) in [5.74, 6) is 0. The van der Waals surface area contributed by atoms with Gasteiger partial charge >= 0.3 is 6.18 Å². The fourth-order valence-corrected chi connectivity index (χ4v) is 1.26. The fraction of sp³-hybridized carbons (Fsp3) is 0.286. The summed E-state index contributed by atoms with van der Waals surface area (Å²) in [6.07, 6.45) is -2.07. The Labute approximate surface area is 81.2 Å². The largest absolute Gasteiger partial charge is 0.412 e. The van der Waals surface area contributed by atoms with E-state index in [1.165, 1.54) is 6.42 Å². The van der Waals surface area contributed by atoms with Gasteiger partial charge < -0.3 is 0 Å². The molecule has 0 saturated heterocycles. The smallest absolute Gasteiger partial charge is 0.166 e. The minimum atomic E-state index is -4.27. The quantitative estimate of drug-likeness (QED) is 0.619. The lowest BCUT2D eigenvalue weighted by molar-refractivity contribution is -0.0933. The van der Waals surface area contributed by atoms with Crippen LogP contribution in [0.15, 0.2) is 21.2 Å². The Morgan fingerprint density at radius 3 is 2.42 bits per heavy atom. The van der Waals surface area contributed by atoms with Gasteiger partial charge in [-0.15, -0.1) is 0 Å². The monoisotopic (exact) mass is 259 g/mol. The van der Waals surface area contributed by atoms with Gasteiger partial charge in [0.05, 0.1) is 5.03 Å². The van der Waals surface area contributed by atoms with Crippen molar-refractivity contribution in [3.05, 3.63) is 27.6 Å². The van der Waals surface area contributed by atoms with E-state index in [9.17, 15) is 13.2 Å². The Morgan fingerprint density at radius 2 is 2.00 bits per heavy atom. The van der Waals surface area contributed by atoms with E-state index in [1.54, 1.807) is 0 Å². The maximum atomic E-state index is 12.1. The standard InChI is InChI=1S/C7H4BrClF3/c8-5-2-1-4(3-6(5)9)7(10,11)12/h2-3H,1H2. The average Bonchev–Trinajstić information content (AvgIpc) is 1.92. The topological polar surface area (TPSA) is 0 Å². The minimum Gasteiger partial charge on any atom is -0.166 e. The highest BCUT2D eigenvalue weighted by Gasteiger charge is 2.34. The first kappa shape index (κ1) is 10.1. The molecule has 0 fully saturated rings. The SMILES string of the molecule is FC(F)(F)C1=CC(Cl)=C(Br)[CH]C1. The van der Waals surface area contributed by atoms with Gasteiger partial charge in [-0.1, -0.05) is 27.5 Å². The molecule has 0 spiro atoms. The number of hydrogen-bond acceptors (Lipinski definition) is 0. The number of allylic oxidation sites excluding steroid dienone is 4. The van der Waals surface area contributed by atoms with Gasteiger partial charge in [-0.05, 0) is 12.5 Å². The lowest BCUT2D eigenvalue weighted by Crippen LogP contribution is -2.14. The van der Waals surface area contributed by atoms with Crippen molar-refractivity contribution in [1.29, 1.82) is 0 Å². The summed E-state index contributed by atoms with van der Waals surface area (Å²) in [5, 5.41) is 0.0913. The molecular weight excluding hydrogens is 256 g/mol. The third-order valence-electron chi connectivity index (χ3n) is 1.39. The number of rotatable bonds is 0. The molecule has 0 bridgehead atoms. The van der Waals surface area contributed by atoms with Crippen LogP contribution in [0.25, 0.3) is 0 Å². The summed E-state index contributed by atoms with van der Waals surface area (Å²) in [6.45, 7) is 0.